The summed E-state index contributed by atoms with van der Waals surface area (Å²) in [5.74, 6) is -0.568. The average Bonchev–Trinajstić information content (AvgIpc) is 2.76. The molecular formula is C25H27NO6. The van der Waals surface area contributed by atoms with Gasteiger partial charge < -0.3 is 19.2 Å². The second-order valence-corrected chi connectivity index (χ2v) is 7.91. The molecule has 0 spiro atoms. The van der Waals surface area contributed by atoms with Crippen molar-refractivity contribution in [3.8, 4) is 5.75 Å². The van der Waals surface area contributed by atoms with Crippen LogP contribution in [0.2, 0.25) is 0 Å². The molecule has 0 aliphatic carbocycles. The maximum absolute atomic E-state index is 12.9. The van der Waals surface area contributed by atoms with E-state index in [4.69, 9.17) is 13.9 Å². The number of nitrogens with one attached hydrogen (secondary N) is 1. The van der Waals surface area contributed by atoms with E-state index in [9.17, 15) is 14.4 Å². The topological polar surface area (TPSA) is 94.8 Å². The lowest BCUT2D eigenvalue weighted by Gasteiger charge is -2.21. The van der Waals surface area contributed by atoms with Gasteiger partial charge in [0, 0.05) is 17.5 Å². The van der Waals surface area contributed by atoms with E-state index in [2.05, 4.69) is 5.32 Å². The Morgan fingerprint density at radius 3 is 2.47 bits per heavy atom. The number of esters is 1. The Labute approximate surface area is 186 Å². The molecule has 3 rings (SSSR count). The second-order valence-electron chi connectivity index (χ2n) is 7.91. The van der Waals surface area contributed by atoms with E-state index in [1.165, 1.54) is 6.07 Å². The van der Waals surface area contributed by atoms with Gasteiger partial charge in [-0.15, -0.1) is 0 Å². The summed E-state index contributed by atoms with van der Waals surface area (Å²) in [6.45, 7) is 7.45. The summed E-state index contributed by atoms with van der Waals surface area (Å²) in [6, 6.07) is 13.2. The highest BCUT2D eigenvalue weighted by molar-refractivity contribution is 5.86. The molecule has 1 amide bonds. The predicted octanol–water partition coefficient (Wildman–Crippen LogP) is 4.52. The molecule has 2 aromatic carbocycles. The first kappa shape index (κ1) is 23.1. The molecule has 1 heterocycles. The number of benzene rings is 2. The maximum atomic E-state index is 12.9. The first-order valence-electron chi connectivity index (χ1n) is 10.5. The number of amides is 1. The van der Waals surface area contributed by atoms with Gasteiger partial charge in [0.15, 0.2) is 0 Å². The van der Waals surface area contributed by atoms with Gasteiger partial charge >= 0.3 is 17.7 Å². The van der Waals surface area contributed by atoms with E-state index in [1.54, 1.807) is 19.9 Å². The third-order valence-corrected chi connectivity index (χ3v) is 5.13. The second kappa shape index (κ2) is 10.1. The van der Waals surface area contributed by atoms with Crippen LogP contribution in [-0.4, -0.2) is 18.1 Å². The fourth-order valence-corrected chi connectivity index (χ4v) is 3.32. The van der Waals surface area contributed by atoms with Crippen LogP contribution in [0.4, 0.5) is 4.79 Å². The summed E-state index contributed by atoms with van der Waals surface area (Å²) in [5, 5.41) is 3.37. The molecule has 7 heteroatoms. The van der Waals surface area contributed by atoms with Crippen molar-refractivity contribution in [2.24, 2.45) is 5.92 Å². The Morgan fingerprint density at radius 1 is 1.09 bits per heavy atom. The molecule has 0 radical (unpaired) electrons. The molecule has 1 unspecified atom stereocenters. The Balaban J connectivity index is 1.76. The number of alkyl carbamates (subject to hydrolysis) is 1. The van der Waals surface area contributed by atoms with E-state index >= 15 is 0 Å². The van der Waals surface area contributed by atoms with Crippen molar-refractivity contribution in [1.29, 1.82) is 0 Å². The van der Waals surface area contributed by atoms with Crippen molar-refractivity contribution >= 4 is 23.0 Å². The van der Waals surface area contributed by atoms with Gasteiger partial charge in [0.05, 0.1) is 0 Å². The number of aryl methyl sites for hydroxylation is 2. The van der Waals surface area contributed by atoms with Crippen molar-refractivity contribution in [1.82, 2.24) is 5.32 Å². The standard InChI is InChI=1S/C25H27NO6/c1-5-18-12-19-16(4)11-22(27)31-21(19)13-20(18)32-24(28)23(15(2)3)26-25(29)30-14-17-9-7-6-8-10-17/h6-13,15,23H,5,14H2,1-4H3,(H,26,29). The van der Waals surface area contributed by atoms with Crippen LogP contribution < -0.4 is 15.7 Å². The van der Waals surface area contributed by atoms with Crippen LogP contribution in [0.25, 0.3) is 11.0 Å². The van der Waals surface area contributed by atoms with Crippen LogP contribution in [0.3, 0.4) is 0 Å². The number of carbonyl (C=O) groups excluding carboxylic acids is 2. The molecule has 0 fully saturated rings. The summed E-state index contributed by atoms with van der Waals surface area (Å²) < 4.78 is 16.1. The molecule has 7 nitrogen and oxygen atoms in total. The van der Waals surface area contributed by atoms with E-state index in [-0.39, 0.29) is 12.5 Å². The first-order valence-corrected chi connectivity index (χ1v) is 10.5. The maximum Gasteiger partial charge on any atom is 0.408 e. The van der Waals surface area contributed by atoms with Crippen LogP contribution >= 0.6 is 0 Å². The normalized spacial score (nSPS) is 11.9. The highest BCUT2D eigenvalue weighted by atomic mass is 16.6. The first-order chi connectivity index (χ1) is 15.3. The summed E-state index contributed by atoms with van der Waals surface area (Å²) in [4.78, 5) is 36.9. The third-order valence-electron chi connectivity index (χ3n) is 5.13. The summed E-state index contributed by atoms with van der Waals surface area (Å²) in [7, 11) is 0. The Morgan fingerprint density at radius 2 is 1.81 bits per heavy atom. The van der Waals surface area contributed by atoms with E-state index < -0.39 is 23.7 Å². The van der Waals surface area contributed by atoms with Gasteiger partial charge in [-0.3, -0.25) is 0 Å². The molecule has 3 aromatic rings. The predicted molar refractivity (Wildman–Crippen MR) is 121 cm³/mol. The Bertz CT molecular complexity index is 1170. The molecule has 168 valence electrons. The lowest BCUT2D eigenvalue weighted by Crippen LogP contribution is -2.46. The smallest absolute Gasteiger partial charge is 0.408 e. The van der Waals surface area contributed by atoms with Crippen LogP contribution in [0.5, 0.6) is 5.75 Å². The van der Waals surface area contributed by atoms with Crippen molar-refractivity contribution < 1.29 is 23.5 Å². The van der Waals surface area contributed by atoms with Crippen LogP contribution in [0, 0.1) is 12.8 Å². The minimum atomic E-state index is -0.914. The Kier molecular flexibility index (Phi) is 7.30. The largest absolute Gasteiger partial charge is 0.445 e. The van der Waals surface area contributed by atoms with Crippen molar-refractivity contribution in [2.75, 3.05) is 0 Å². The zero-order chi connectivity index (χ0) is 23.3. The fraction of sp³-hybridized carbons (Fsp3) is 0.320. The minimum absolute atomic E-state index is 0.0928. The molecule has 32 heavy (non-hydrogen) atoms. The summed E-state index contributed by atoms with van der Waals surface area (Å²) in [5.41, 5.74) is 2.28. The number of hydrogen-bond acceptors (Lipinski definition) is 6. The molecular weight excluding hydrogens is 410 g/mol. The van der Waals surface area contributed by atoms with Crippen LogP contribution in [-0.2, 0) is 22.6 Å². The van der Waals surface area contributed by atoms with Gasteiger partial charge in [0.1, 0.15) is 24.0 Å². The van der Waals surface area contributed by atoms with Crippen molar-refractivity contribution in [3.63, 3.8) is 0 Å². The lowest BCUT2D eigenvalue weighted by molar-refractivity contribution is -0.137. The third kappa shape index (κ3) is 5.55. The molecule has 0 aliphatic heterocycles. The van der Waals surface area contributed by atoms with Gasteiger partial charge in [-0.05, 0) is 42.0 Å². The number of rotatable bonds is 7. The average molecular weight is 437 g/mol. The van der Waals surface area contributed by atoms with Crippen molar-refractivity contribution in [3.05, 3.63) is 75.6 Å². The van der Waals surface area contributed by atoms with Crippen LogP contribution in [0.15, 0.2) is 57.7 Å². The molecule has 1 atom stereocenters. The number of carbonyl (C=O) groups is 2. The summed E-state index contributed by atoms with van der Waals surface area (Å²) in [6.07, 6.45) is -0.101. The van der Waals surface area contributed by atoms with Gasteiger partial charge in [-0.25, -0.2) is 14.4 Å². The SMILES string of the molecule is CCc1cc2c(C)cc(=O)oc2cc1OC(=O)C(NC(=O)OCc1ccccc1)C(C)C. The Hall–Kier alpha value is -3.61. The molecule has 0 aliphatic rings. The van der Waals surface area contributed by atoms with E-state index in [0.29, 0.717) is 17.8 Å². The van der Waals surface area contributed by atoms with Gasteiger partial charge in [-0.1, -0.05) is 51.1 Å². The number of ether oxygens (including phenoxy) is 2. The molecule has 1 aromatic heterocycles. The van der Waals surface area contributed by atoms with Gasteiger partial charge in [0.25, 0.3) is 0 Å². The molecule has 0 saturated carbocycles. The van der Waals surface area contributed by atoms with Crippen molar-refractivity contribution in [2.45, 2.75) is 46.8 Å². The highest BCUT2D eigenvalue weighted by Crippen LogP contribution is 2.28. The van der Waals surface area contributed by atoms with Gasteiger partial charge in [0.2, 0.25) is 0 Å². The van der Waals surface area contributed by atoms with Gasteiger partial charge in [-0.2, -0.15) is 0 Å². The zero-order valence-electron chi connectivity index (χ0n) is 18.6. The molecule has 1 N–H and O–H groups in total. The van der Waals surface area contributed by atoms with E-state index in [1.807, 2.05) is 50.2 Å². The molecule has 0 bridgehead atoms. The fourth-order valence-electron chi connectivity index (χ4n) is 3.32. The lowest BCUT2D eigenvalue weighted by atomic mass is 10.0. The van der Waals surface area contributed by atoms with E-state index in [0.717, 1.165) is 22.1 Å². The highest BCUT2D eigenvalue weighted by Gasteiger charge is 2.28. The quantitative estimate of drug-likeness (QED) is 0.332. The number of hydrogen-bond donors (Lipinski definition) is 1. The van der Waals surface area contributed by atoms with Crippen LogP contribution in [0.1, 0.15) is 37.5 Å². The minimum Gasteiger partial charge on any atom is -0.445 e. The summed E-state index contributed by atoms with van der Waals surface area (Å²) >= 11 is 0. The number of fused-ring (bicyclic) bond motifs is 1. The molecule has 0 saturated heterocycles. The zero-order valence-corrected chi connectivity index (χ0v) is 18.6. The monoisotopic (exact) mass is 437 g/mol.